The van der Waals surface area contributed by atoms with E-state index in [9.17, 15) is 15.0 Å². The Kier molecular flexibility index (Phi) is 7.16. The highest BCUT2D eigenvalue weighted by atomic mass is 16.6. The van der Waals surface area contributed by atoms with Gasteiger partial charge >= 0.3 is 5.97 Å². The van der Waals surface area contributed by atoms with Crippen LogP contribution in [0.1, 0.15) is 81.8 Å². The van der Waals surface area contributed by atoms with Crippen LogP contribution in [-0.2, 0) is 43.1 Å². The number of aromatic nitrogens is 1. The smallest absolute Gasteiger partial charge is 0.338 e. The quantitative estimate of drug-likeness (QED) is 0.264. The van der Waals surface area contributed by atoms with Crippen molar-refractivity contribution < 1.29 is 38.7 Å². The summed E-state index contributed by atoms with van der Waals surface area (Å²) < 4.78 is 30.9. The molecule has 7 unspecified atom stereocenters. The Morgan fingerprint density at radius 3 is 2.37 bits per heavy atom. The molecule has 7 atom stereocenters. The Morgan fingerprint density at radius 2 is 1.66 bits per heavy atom. The summed E-state index contributed by atoms with van der Waals surface area (Å²) in [6.07, 6.45) is 4.82. The summed E-state index contributed by atoms with van der Waals surface area (Å²) in [5.41, 5.74) is 1.65. The summed E-state index contributed by atoms with van der Waals surface area (Å²) in [7, 11) is 0. The van der Waals surface area contributed by atoms with Crippen LogP contribution in [0.4, 0.5) is 0 Å². The second-order valence-electron chi connectivity index (χ2n) is 13.2. The Morgan fingerprint density at radius 1 is 0.976 bits per heavy atom. The molecule has 41 heavy (non-hydrogen) atoms. The number of hydrogen-bond donors (Lipinski definition) is 2. The number of aromatic hydroxyl groups is 2. The van der Waals surface area contributed by atoms with Gasteiger partial charge in [-0.1, -0.05) is 18.2 Å². The summed E-state index contributed by atoms with van der Waals surface area (Å²) in [5, 5.41) is 22.1. The van der Waals surface area contributed by atoms with Gasteiger partial charge in [-0.15, -0.1) is 0 Å². The number of carbonyl (C=O) groups excluding carboxylic acids is 1. The van der Waals surface area contributed by atoms with Crippen LogP contribution in [0.3, 0.4) is 0 Å². The highest BCUT2D eigenvalue weighted by molar-refractivity contribution is 5.89. The zero-order valence-electron chi connectivity index (χ0n) is 24.7. The Bertz CT molecular complexity index is 1290. The molecule has 1 aromatic heterocycles. The van der Waals surface area contributed by atoms with E-state index >= 15 is 0 Å². The fourth-order valence-electron chi connectivity index (χ4n) is 6.57. The number of benzene rings is 1. The lowest BCUT2D eigenvalue weighted by Crippen LogP contribution is -2.26. The van der Waals surface area contributed by atoms with E-state index in [-0.39, 0.29) is 60.0 Å². The SMILES string of the molecule is CC(Cn1c(O)c2c(c1O)CC1(CCC3OC3(C)CCC3OC3(C)C)OC1C2)OCC(C)OC(=O)c1ccccc1. The van der Waals surface area contributed by atoms with Gasteiger partial charge in [0.15, 0.2) is 11.8 Å². The van der Waals surface area contributed by atoms with Crippen molar-refractivity contribution in [1.82, 2.24) is 4.57 Å². The van der Waals surface area contributed by atoms with E-state index in [1.807, 2.05) is 13.0 Å². The van der Waals surface area contributed by atoms with Crippen LogP contribution in [0.2, 0.25) is 0 Å². The van der Waals surface area contributed by atoms with Crippen LogP contribution < -0.4 is 0 Å². The van der Waals surface area contributed by atoms with Crippen LogP contribution in [0.15, 0.2) is 30.3 Å². The summed E-state index contributed by atoms with van der Waals surface area (Å²) in [6.45, 7) is 10.6. The van der Waals surface area contributed by atoms with Crippen molar-refractivity contribution in [3.05, 3.63) is 47.0 Å². The van der Waals surface area contributed by atoms with E-state index < -0.39 is 12.1 Å². The van der Waals surface area contributed by atoms with Crippen molar-refractivity contribution >= 4 is 5.97 Å². The van der Waals surface area contributed by atoms with Crippen molar-refractivity contribution in [2.45, 2.75) is 127 Å². The molecule has 0 saturated carbocycles. The topological polar surface area (TPSA) is 119 Å². The van der Waals surface area contributed by atoms with E-state index in [0.717, 1.165) is 36.8 Å². The molecule has 0 radical (unpaired) electrons. The third kappa shape index (κ3) is 5.74. The van der Waals surface area contributed by atoms with Crippen molar-refractivity contribution in [3.8, 4) is 11.8 Å². The molecule has 1 aromatic carbocycles. The summed E-state index contributed by atoms with van der Waals surface area (Å²) in [4.78, 5) is 12.3. The van der Waals surface area contributed by atoms with Gasteiger partial charge in [0.25, 0.3) is 0 Å². The number of esters is 1. The maximum atomic E-state index is 12.3. The van der Waals surface area contributed by atoms with Crippen LogP contribution in [-0.4, -0.2) is 74.7 Å². The van der Waals surface area contributed by atoms with Gasteiger partial charge in [0.1, 0.15) is 6.10 Å². The number of ether oxygens (including phenoxy) is 5. The van der Waals surface area contributed by atoms with E-state index in [0.29, 0.717) is 24.5 Å². The van der Waals surface area contributed by atoms with Gasteiger partial charge in [0.2, 0.25) is 0 Å². The van der Waals surface area contributed by atoms with E-state index in [2.05, 4.69) is 20.8 Å². The van der Waals surface area contributed by atoms with Gasteiger partial charge in [0.05, 0.1) is 59.9 Å². The second-order valence-corrected chi connectivity index (χ2v) is 13.2. The lowest BCUT2D eigenvalue weighted by Gasteiger charge is -2.19. The van der Waals surface area contributed by atoms with Gasteiger partial charge in [-0.2, -0.15) is 0 Å². The summed E-state index contributed by atoms with van der Waals surface area (Å²) in [5.74, 6) is -0.250. The second kappa shape index (κ2) is 10.3. The molecule has 3 saturated heterocycles. The first-order chi connectivity index (χ1) is 19.4. The average molecular weight is 570 g/mol. The molecular weight excluding hydrogens is 526 g/mol. The predicted molar refractivity (Wildman–Crippen MR) is 150 cm³/mol. The lowest BCUT2D eigenvalue weighted by atomic mass is 9.82. The van der Waals surface area contributed by atoms with Crippen molar-refractivity contribution in [3.63, 3.8) is 0 Å². The molecule has 0 spiro atoms. The molecule has 224 valence electrons. The summed E-state index contributed by atoms with van der Waals surface area (Å²) >= 11 is 0. The molecular formula is C32H43NO8. The van der Waals surface area contributed by atoms with Gasteiger partial charge in [-0.3, -0.25) is 4.57 Å². The van der Waals surface area contributed by atoms with Gasteiger partial charge in [0, 0.05) is 24.0 Å². The Balaban J connectivity index is 0.989. The van der Waals surface area contributed by atoms with Crippen LogP contribution in [0.25, 0.3) is 0 Å². The highest BCUT2D eigenvalue weighted by Gasteiger charge is 2.62. The third-order valence-electron chi connectivity index (χ3n) is 9.49. The standard InChI is InChI=1S/C32H43NO8/c1-19(37-18-20(2)38-29(36)21-9-7-6-8-10-21)17-33-27(34)22-15-26-32(41-26,16-23(22)28(33)35)14-12-25-31(5,40-25)13-11-24-30(3,4)39-24/h6-10,19-20,24-26,34-35H,11-18H2,1-5H3. The normalized spacial score (nSPS) is 32.0. The van der Waals surface area contributed by atoms with Crippen molar-refractivity contribution in [1.29, 1.82) is 0 Å². The first kappa shape index (κ1) is 28.5. The number of nitrogens with zero attached hydrogens (tertiary/aromatic N) is 1. The zero-order chi connectivity index (χ0) is 29.2. The first-order valence-electron chi connectivity index (χ1n) is 14.9. The predicted octanol–water partition coefficient (Wildman–Crippen LogP) is 4.68. The largest absolute Gasteiger partial charge is 0.494 e. The minimum Gasteiger partial charge on any atom is -0.494 e. The van der Waals surface area contributed by atoms with Crippen LogP contribution in [0, 0.1) is 0 Å². The summed E-state index contributed by atoms with van der Waals surface area (Å²) in [6, 6.07) is 8.84. The monoisotopic (exact) mass is 569 g/mol. The minimum atomic E-state index is -0.444. The minimum absolute atomic E-state index is 0.0122. The number of fused-ring (bicyclic) bond motifs is 2. The molecule has 3 fully saturated rings. The maximum absolute atomic E-state index is 12.3. The number of epoxide rings is 3. The highest BCUT2D eigenvalue weighted by Crippen LogP contribution is 2.56. The maximum Gasteiger partial charge on any atom is 0.338 e. The molecule has 2 N–H and O–H groups in total. The molecule has 0 bridgehead atoms. The molecule has 9 nitrogen and oxygen atoms in total. The van der Waals surface area contributed by atoms with E-state index in [4.69, 9.17) is 23.7 Å². The van der Waals surface area contributed by atoms with E-state index in [1.54, 1.807) is 31.2 Å². The number of carbonyl (C=O) groups is 1. The van der Waals surface area contributed by atoms with Crippen molar-refractivity contribution in [2.75, 3.05) is 6.61 Å². The molecule has 6 rings (SSSR count). The average Bonchev–Trinajstić information content (AvgIpc) is 3.88. The Hall–Kier alpha value is -2.59. The van der Waals surface area contributed by atoms with Gasteiger partial charge in [-0.05, 0) is 72.4 Å². The van der Waals surface area contributed by atoms with Crippen LogP contribution >= 0.6 is 0 Å². The fraction of sp³-hybridized carbons (Fsp3) is 0.656. The van der Waals surface area contributed by atoms with Crippen LogP contribution in [0.5, 0.6) is 11.8 Å². The molecule has 0 amide bonds. The van der Waals surface area contributed by atoms with Crippen molar-refractivity contribution in [2.24, 2.45) is 0 Å². The van der Waals surface area contributed by atoms with E-state index in [1.165, 1.54) is 4.57 Å². The molecule has 4 heterocycles. The lowest BCUT2D eigenvalue weighted by molar-refractivity contribution is -0.0226. The van der Waals surface area contributed by atoms with Gasteiger partial charge in [-0.25, -0.2) is 4.79 Å². The molecule has 3 aliphatic heterocycles. The number of rotatable bonds is 13. The zero-order valence-corrected chi connectivity index (χ0v) is 24.7. The number of hydrogen-bond acceptors (Lipinski definition) is 8. The molecule has 1 aliphatic carbocycles. The molecule has 2 aromatic rings. The first-order valence-corrected chi connectivity index (χ1v) is 14.9. The molecule has 9 heteroatoms. The Labute approximate surface area is 241 Å². The van der Waals surface area contributed by atoms with Gasteiger partial charge < -0.3 is 33.9 Å². The third-order valence-corrected chi connectivity index (χ3v) is 9.49. The molecule has 4 aliphatic rings. The fourth-order valence-corrected chi connectivity index (χ4v) is 6.57.